The summed E-state index contributed by atoms with van der Waals surface area (Å²) in [6.07, 6.45) is 0.539. The van der Waals surface area contributed by atoms with Crippen molar-refractivity contribution in [2.24, 2.45) is 0 Å². The lowest BCUT2D eigenvalue weighted by atomic mass is 9.94. The molecule has 0 saturated heterocycles. The summed E-state index contributed by atoms with van der Waals surface area (Å²) in [6, 6.07) is 5.34. The molecule has 1 aromatic rings. The molecule has 0 radical (unpaired) electrons. The molecular formula is C14H14ClNO5. The zero-order valence-corrected chi connectivity index (χ0v) is 11.8. The molecule has 1 aliphatic rings. The van der Waals surface area contributed by atoms with Crippen molar-refractivity contribution in [1.29, 1.82) is 0 Å². The Labute approximate surface area is 125 Å². The maximum absolute atomic E-state index is 12.3. The van der Waals surface area contributed by atoms with Crippen LogP contribution in [-0.2, 0) is 19.8 Å². The highest BCUT2D eigenvalue weighted by Crippen LogP contribution is 2.48. The molecule has 1 amide bonds. The van der Waals surface area contributed by atoms with Crippen LogP contribution in [0.25, 0.3) is 0 Å². The number of carbonyl (C=O) groups is 3. The minimum absolute atomic E-state index is 0.460. The molecule has 1 atom stereocenters. The van der Waals surface area contributed by atoms with E-state index < -0.39 is 35.7 Å². The SMILES string of the molecule is O=C(O)C[C@H](NC(=O)C1(c2ccc(Cl)cc2)CC1)C(=O)O. The van der Waals surface area contributed by atoms with Crippen molar-refractivity contribution in [1.82, 2.24) is 5.32 Å². The number of benzene rings is 1. The zero-order valence-electron chi connectivity index (χ0n) is 11.0. The fourth-order valence-corrected chi connectivity index (χ4v) is 2.34. The maximum Gasteiger partial charge on any atom is 0.326 e. The Morgan fingerprint density at radius 2 is 1.76 bits per heavy atom. The number of carboxylic acid groups (broad SMARTS) is 2. The number of rotatable bonds is 6. The van der Waals surface area contributed by atoms with E-state index in [0.717, 1.165) is 5.56 Å². The first-order valence-corrected chi connectivity index (χ1v) is 6.74. The van der Waals surface area contributed by atoms with Gasteiger partial charge in [-0.25, -0.2) is 4.79 Å². The van der Waals surface area contributed by atoms with Crippen LogP contribution < -0.4 is 5.32 Å². The van der Waals surface area contributed by atoms with Crippen LogP contribution in [0.3, 0.4) is 0 Å². The molecule has 0 bridgehead atoms. The zero-order chi connectivity index (χ0) is 15.6. The van der Waals surface area contributed by atoms with Gasteiger partial charge in [0.2, 0.25) is 5.91 Å². The molecule has 1 aliphatic carbocycles. The standard InChI is InChI=1S/C14H14ClNO5/c15-9-3-1-8(2-4-9)14(5-6-14)13(21)16-10(12(19)20)7-11(17)18/h1-4,10H,5-7H2,(H,16,21)(H,17,18)(H,19,20)/t10-/m0/s1. The molecule has 0 aromatic heterocycles. The van der Waals surface area contributed by atoms with Crippen LogP contribution in [0, 0.1) is 0 Å². The Hall–Kier alpha value is -2.08. The molecular weight excluding hydrogens is 298 g/mol. The predicted octanol–water partition coefficient (Wildman–Crippen LogP) is 1.42. The van der Waals surface area contributed by atoms with Crippen molar-refractivity contribution in [3.63, 3.8) is 0 Å². The van der Waals surface area contributed by atoms with Crippen LogP contribution >= 0.6 is 11.6 Å². The quantitative estimate of drug-likeness (QED) is 0.737. The third kappa shape index (κ3) is 3.33. The molecule has 7 heteroatoms. The molecule has 1 saturated carbocycles. The Bertz CT molecular complexity index is 580. The molecule has 0 unspecified atom stereocenters. The van der Waals surface area contributed by atoms with Crippen LogP contribution in [-0.4, -0.2) is 34.1 Å². The summed E-state index contributed by atoms with van der Waals surface area (Å²) in [5.74, 6) is -3.10. The molecule has 21 heavy (non-hydrogen) atoms. The van der Waals surface area contributed by atoms with Crippen LogP contribution in [0.15, 0.2) is 24.3 Å². The number of carboxylic acids is 2. The van der Waals surface area contributed by atoms with Gasteiger partial charge in [-0.05, 0) is 30.5 Å². The first-order chi connectivity index (χ1) is 9.85. The maximum atomic E-state index is 12.3. The van der Waals surface area contributed by atoms with Gasteiger partial charge in [-0.1, -0.05) is 23.7 Å². The fourth-order valence-electron chi connectivity index (χ4n) is 2.21. The third-order valence-corrected chi connectivity index (χ3v) is 3.82. The average molecular weight is 312 g/mol. The lowest BCUT2D eigenvalue weighted by molar-refractivity contribution is -0.147. The highest BCUT2D eigenvalue weighted by molar-refractivity contribution is 6.30. The van der Waals surface area contributed by atoms with Crippen LogP contribution in [0.5, 0.6) is 0 Å². The monoisotopic (exact) mass is 311 g/mol. The Morgan fingerprint density at radius 1 is 1.19 bits per heavy atom. The molecule has 1 fully saturated rings. The largest absolute Gasteiger partial charge is 0.481 e. The van der Waals surface area contributed by atoms with Gasteiger partial charge in [0.1, 0.15) is 6.04 Å². The summed E-state index contributed by atoms with van der Waals surface area (Å²) >= 11 is 5.80. The summed E-state index contributed by atoms with van der Waals surface area (Å²) in [4.78, 5) is 34.0. The second-order valence-electron chi connectivity index (χ2n) is 5.05. The number of nitrogens with one attached hydrogen (secondary N) is 1. The molecule has 3 N–H and O–H groups in total. The lowest BCUT2D eigenvalue weighted by Crippen LogP contribution is -2.46. The van der Waals surface area contributed by atoms with Gasteiger partial charge in [0.05, 0.1) is 11.8 Å². The molecule has 6 nitrogen and oxygen atoms in total. The summed E-state index contributed by atoms with van der Waals surface area (Å²) in [7, 11) is 0. The van der Waals surface area contributed by atoms with Crippen LogP contribution in [0.2, 0.25) is 5.02 Å². The van der Waals surface area contributed by atoms with E-state index >= 15 is 0 Å². The number of amides is 1. The number of halogens is 1. The number of hydrogen-bond donors (Lipinski definition) is 3. The predicted molar refractivity (Wildman–Crippen MR) is 74.2 cm³/mol. The van der Waals surface area contributed by atoms with Crippen LogP contribution in [0.1, 0.15) is 24.8 Å². The molecule has 112 valence electrons. The van der Waals surface area contributed by atoms with E-state index in [2.05, 4.69) is 5.32 Å². The van der Waals surface area contributed by atoms with Gasteiger partial charge in [0.25, 0.3) is 0 Å². The Balaban J connectivity index is 2.13. The van der Waals surface area contributed by atoms with Gasteiger partial charge >= 0.3 is 11.9 Å². The van der Waals surface area contributed by atoms with Gasteiger partial charge in [-0.15, -0.1) is 0 Å². The van der Waals surface area contributed by atoms with E-state index in [9.17, 15) is 14.4 Å². The Kier molecular flexibility index (Phi) is 4.18. The number of carbonyl (C=O) groups excluding carboxylic acids is 1. The average Bonchev–Trinajstić information content (AvgIpc) is 3.19. The fraction of sp³-hybridized carbons (Fsp3) is 0.357. The van der Waals surface area contributed by atoms with Crippen LogP contribution in [0.4, 0.5) is 0 Å². The van der Waals surface area contributed by atoms with E-state index in [0.29, 0.717) is 17.9 Å². The van der Waals surface area contributed by atoms with Crippen molar-refractivity contribution in [2.45, 2.75) is 30.7 Å². The van der Waals surface area contributed by atoms with Crippen molar-refractivity contribution < 1.29 is 24.6 Å². The lowest BCUT2D eigenvalue weighted by Gasteiger charge is -2.19. The van der Waals surface area contributed by atoms with E-state index in [4.69, 9.17) is 21.8 Å². The molecule has 0 spiro atoms. The van der Waals surface area contributed by atoms with Gasteiger partial charge in [0, 0.05) is 5.02 Å². The number of hydrogen-bond acceptors (Lipinski definition) is 3. The van der Waals surface area contributed by atoms with Crippen molar-refractivity contribution in [3.8, 4) is 0 Å². The van der Waals surface area contributed by atoms with Gasteiger partial charge in [-0.3, -0.25) is 9.59 Å². The summed E-state index contributed by atoms with van der Waals surface area (Å²) in [5.41, 5.74) is -0.0135. The van der Waals surface area contributed by atoms with Crippen molar-refractivity contribution >= 4 is 29.4 Å². The topological polar surface area (TPSA) is 104 Å². The van der Waals surface area contributed by atoms with Gasteiger partial charge < -0.3 is 15.5 Å². The first kappa shape index (κ1) is 15.3. The van der Waals surface area contributed by atoms with Crippen molar-refractivity contribution in [2.75, 3.05) is 0 Å². The normalized spacial score (nSPS) is 16.8. The number of aliphatic carboxylic acids is 2. The molecule has 2 rings (SSSR count). The van der Waals surface area contributed by atoms with E-state index in [1.165, 1.54) is 0 Å². The first-order valence-electron chi connectivity index (χ1n) is 6.37. The van der Waals surface area contributed by atoms with Gasteiger partial charge in [-0.2, -0.15) is 0 Å². The van der Waals surface area contributed by atoms with Crippen molar-refractivity contribution in [3.05, 3.63) is 34.9 Å². The van der Waals surface area contributed by atoms with E-state index in [1.54, 1.807) is 24.3 Å². The molecule has 0 aliphatic heterocycles. The third-order valence-electron chi connectivity index (χ3n) is 3.56. The highest BCUT2D eigenvalue weighted by atomic mass is 35.5. The second-order valence-corrected chi connectivity index (χ2v) is 5.49. The summed E-state index contributed by atoms with van der Waals surface area (Å²) in [5, 5.41) is 20.5. The minimum Gasteiger partial charge on any atom is -0.481 e. The Morgan fingerprint density at radius 3 is 2.19 bits per heavy atom. The second kappa shape index (κ2) is 5.73. The summed E-state index contributed by atoms with van der Waals surface area (Å²) in [6.45, 7) is 0. The molecule has 1 aromatic carbocycles. The van der Waals surface area contributed by atoms with E-state index in [1.807, 2.05) is 0 Å². The molecule has 0 heterocycles. The van der Waals surface area contributed by atoms with Gasteiger partial charge in [0.15, 0.2) is 0 Å². The highest BCUT2D eigenvalue weighted by Gasteiger charge is 2.52. The van der Waals surface area contributed by atoms with E-state index in [-0.39, 0.29) is 0 Å². The minimum atomic E-state index is -1.43. The summed E-state index contributed by atoms with van der Waals surface area (Å²) < 4.78 is 0. The smallest absolute Gasteiger partial charge is 0.326 e.